The Kier molecular flexibility index (Phi) is 3.79. The van der Waals surface area contributed by atoms with Crippen molar-refractivity contribution in [2.24, 2.45) is 0 Å². The number of rotatable bonds is 2. The van der Waals surface area contributed by atoms with E-state index in [0.717, 1.165) is 12.8 Å². The zero-order valence-corrected chi connectivity index (χ0v) is 12.5. The maximum absolute atomic E-state index is 12.2. The first-order valence-corrected chi connectivity index (χ1v) is 7.85. The molecule has 1 aromatic rings. The van der Waals surface area contributed by atoms with Gasteiger partial charge in [-0.15, -0.1) is 0 Å². The van der Waals surface area contributed by atoms with Gasteiger partial charge >= 0.3 is 0 Å². The molecule has 1 atom stereocenters. The van der Waals surface area contributed by atoms with Gasteiger partial charge in [0.2, 0.25) is 5.91 Å². The maximum Gasteiger partial charge on any atom is 0.234 e. The van der Waals surface area contributed by atoms with E-state index in [4.69, 9.17) is 23.2 Å². The molecule has 5 heteroatoms. The fourth-order valence-corrected chi connectivity index (χ4v) is 4.24. The first-order valence-electron chi connectivity index (χ1n) is 6.21. The zero-order chi connectivity index (χ0) is 13.4. The van der Waals surface area contributed by atoms with Crippen molar-refractivity contribution in [3.8, 4) is 0 Å². The Morgan fingerprint density at radius 3 is 2.32 bits per heavy atom. The van der Waals surface area contributed by atoms with E-state index in [2.05, 4.69) is 17.4 Å². The van der Waals surface area contributed by atoms with Gasteiger partial charge in [-0.3, -0.25) is 4.79 Å². The average molecular weight is 314 g/mol. The number of benzene rings is 1. The molecule has 1 heterocycles. The van der Waals surface area contributed by atoms with Crippen molar-refractivity contribution in [3.63, 3.8) is 0 Å². The van der Waals surface area contributed by atoms with Gasteiger partial charge in [0.25, 0.3) is 0 Å². The lowest BCUT2D eigenvalue weighted by atomic mass is 10.1. The average Bonchev–Trinajstić information content (AvgIpc) is 2.93. The fraction of sp³-hybridized carbons (Fsp3) is 0.357. The summed E-state index contributed by atoms with van der Waals surface area (Å²) in [6.07, 6.45) is 2.36. The van der Waals surface area contributed by atoms with E-state index in [-0.39, 0.29) is 17.2 Å². The molecule has 1 unspecified atom stereocenters. The van der Waals surface area contributed by atoms with E-state index in [1.807, 2.05) is 12.1 Å². The number of thioether (sulfide) groups is 1. The molecule has 1 aliphatic carbocycles. The maximum atomic E-state index is 12.2. The summed E-state index contributed by atoms with van der Waals surface area (Å²) in [6.45, 7) is 0. The van der Waals surface area contributed by atoms with Gasteiger partial charge in [-0.25, -0.2) is 0 Å². The lowest BCUT2D eigenvalue weighted by Gasteiger charge is -2.15. The van der Waals surface area contributed by atoms with Gasteiger partial charge in [0, 0.05) is 17.5 Å². The Morgan fingerprint density at radius 1 is 1.16 bits per heavy atom. The predicted octanol–water partition coefficient (Wildman–Crippen LogP) is 3.42. The zero-order valence-electron chi connectivity index (χ0n) is 10.2. The van der Waals surface area contributed by atoms with Crippen molar-refractivity contribution in [2.75, 3.05) is 0 Å². The largest absolute Gasteiger partial charge is 0.352 e. The number of amides is 1. The molecule has 0 saturated carbocycles. The number of halogens is 2. The van der Waals surface area contributed by atoms with Crippen molar-refractivity contribution in [2.45, 2.75) is 30.6 Å². The second-order valence-corrected chi connectivity index (χ2v) is 7.14. The molecular weight excluding hydrogens is 301 g/mol. The van der Waals surface area contributed by atoms with Gasteiger partial charge in [0.1, 0.15) is 0 Å². The number of allylic oxidation sites excluding steroid dienone is 1. The summed E-state index contributed by atoms with van der Waals surface area (Å²) in [5, 5.41) is 3.53. The lowest BCUT2D eigenvalue weighted by Crippen LogP contribution is -2.40. The highest BCUT2D eigenvalue weighted by Gasteiger charge is 2.31. The van der Waals surface area contributed by atoms with E-state index in [1.54, 1.807) is 0 Å². The minimum atomic E-state index is -0.177. The highest BCUT2D eigenvalue weighted by molar-refractivity contribution is 8.06. The molecule has 19 heavy (non-hydrogen) atoms. The first-order chi connectivity index (χ1) is 9.13. The molecule has 2 nitrogen and oxygen atoms in total. The summed E-state index contributed by atoms with van der Waals surface area (Å²) in [5.41, 5.74) is 2.67. The molecule has 0 radical (unpaired) electrons. The van der Waals surface area contributed by atoms with E-state index >= 15 is 0 Å². The first kappa shape index (κ1) is 13.3. The molecule has 0 fully saturated rings. The van der Waals surface area contributed by atoms with Crippen LogP contribution in [-0.4, -0.2) is 17.2 Å². The second kappa shape index (κ2) is 5.39. The summed E-state index contributed by atoms with van der Waals surface area (Å²) >= 11 is 13.2. The highest BCUT2D eigenvalue weighted by atomic mass is 35.5. The predicted molar refractivity (Wildman–Crippen MR) is 80.5 cm³/mol. The van der Waals surface area contributed by atoms with Gasteiger partial charge in [0.15, 0.2) is 0 Å². The highest BCUT2D eigenvalue weighted by Crippen LogP contribution is 2.42. The van der Waals surface area contributed by atoms with Crippen molar-refractivity contribution in [1.29, 1.82) is 0 Å². The molecule has 1 N–H and O–H groups in total. The standard InChI is InChI=1S/C14H13Cl2NOS/c15-11-7-12(19-13(11)16)14(18)17-10-5-8-3-1-2-4-9(8)6-10/h1-4,10,12H,5-7H2,(H,17,18). The molecule has 2 aliphatic rings. The smallest absolute Gasteiger partial charge is 0.234 e. The van der Waals surface area contributed by atoms with Crippen LogP contribution in [-0.2, 0) is 17.6 Å². The molecule has 1 aliphatic heterocycles. The van der Waals surface area contributed by atoms with Crippen LogP contribution >= 0.6 is 35.0 Å². The molecule has 1 aromatic carbocycles. The quantitative estimate of drug-likeness (QED) is 0.906. The SMILES string of the molecule is O=C(NC1Cc2ccccc2C1)C1CC(Cl)=C(Cl)S1. The third-order valence-electron chi connectivity index (χ3n) is 3.51. The van der Waals surface area contributed by atoms with Gasteiger partial charge in [-0.2, -0.15) is 0 Å². The number of fused-ring (bicyclic) bond motifs is 1. The van der Waals surface area contributed by atoms with Crippen LogP contribution in [0.1, 0.15) is 17.5 Å². The van der Waals surface area contributed by atoms with Crippen LogP contribution in [0.25, 0.3) is 0 Å². The van der Waals surface area contributed by atoms with Crippen LogP contribution in [0.2, 0.25) is 0 Å². The molecule has 1 amide bonds. The summed E-state index contributed by atoms with van der Waals surface area (Å²) in [7, 11) is 0. The third kappa shape index (κ3) is 2.78. The van der Waals surface area contributed by atoms with E-state index in [9.17, 15) is 4.79 Å². The lowest BCUT2D eigenvalue weighted by molar-refractivity contribution is -0.121. The van der Waals surface area contributed by atoms with Gasteiger partial charge in [-0.05, 0) is 24.0 Å². The number of nitrogens with one attached hydrogen (secondary N) is 1. The van der Waals surface area contributed by atoms with Crippen LogP contribution in [0, 0.1) is 0 Å². The molecule has 3 rings (SSSR count). The van der Waals surface area contributed by atoms with Crippen LogP contribution in [0.15, 0.2) is 33.7 Å². The van der Waals surface area contributed by atoms with E-state index in [0.29, 0.717) is 15.8 Å². The number of hydrogen-bond donors (Lipinski definition) is 1. The Bertz CT molecular complexity index is 519. The van der Waals surface area contributed by atoms with Crippen LogP contribution in [0.4, 0.5) is 0 Å². The fourth-order valence-electron chi connectivity index (χ4n) is 2.57. The van der Waals surface area contributed by atoms with E-state index < -0.39 is 0 Å². The Balaban J connectivity index is 1.58. The molecular formula is C14H13Cl2NOS. The number of carbonyl (C=O) groups excluding carboxylic acids is 1. The van der Waals surface area contributed by atoms with Crippen molar-refractivity contribution in [3.05, 3.63) is 44.8 Å². The minimum absolute atomic E-state index is 0.0385. The minimum Gasteiger partial charge on any atom is -0.352 e. The normalized spacial score (nSPS) is 22.7. The summed E-state index contributed by atoms with van der Waals surface area (Å²) < 4.78 is 0.552. The van der Waals surface area contributed by atoms with Gasteiger partial charge in [0.05, 0.1) is 9.61 Å². The molecule has 0 bridgehead atoms. The monoisotopic (exact) mass is 313 g/mol. The Labute approximate surface area is 126 Å². The van der Waals surface area contributed by atoms with Crippen molar-refractivity contribution >= 4 is 40.9 Å². The Morgan fingerprint density at radius 2 is 1.79 bits per heavy atom. The topological polar surface area (TPSA) is 29.1 Å². The molecule has 0 saturated heterocycles. The molecule has 0 spiro atoms. The summed E-state index contributed by atoms with van der Waals surface area (Å²) in [5.74, 6) is 0.0385. The van der Waals surface area contributed by atoms with Crippen LogP contribution < -0.4 is 5.32 Å². The second-order valence-electron chi connectivity index (χ2n) is 4.87. The third-order valence-corrected chi connectivity index (χ3v) is 5.68. The van der Waals surface area contributed by atoms with Crippen molar-refractivity contribution in [1.82, 2.24) is 5.32 Å². The Hall–Kier alpha value is -0.640. The van der Waals surface area contributed by atoms with Gasteiger partial charge in [-0.1, -0.05) is 59.2 Å². The number of hydrogen-bond acceptors (Lipinski definition) is 2. The molecule has 0 aromatic heterocycles. The van der Waals surface area contributed by atoms with Gasteiger partial charge < -0.3 is 5.32 Å². The van der Waals surface area contributed by atoms with Crippen molar-refractivity contribution < 1.29 is 4.79 Å². The molecule has 100 valence electrons. The number of carbonyl (C=O) groups is 1. The summed E-state index contributed by atoms with van der Waals surface area (Å²) in [6, 6.07) is 8.53. The summed E-state index contributed by atoms with van der Waals surface area (Å²) in [4.78, 5) is 12.2. The van der Waals surface area contributed by atoms with Crippen LogP contribution in [0.3, 0.4) is 0 Å². The van der Waals surface area contributed by atoms with Crippen LogP contribution in [0.5, 0.6) is 0 Å². The van der Waals surface area contributed by atoms with E-state index in [1.165, 1.54) is 22.9 Å².